The number of hydrogen-bond acceptors (Lipinski definition) is 4. The second-order valence-electron chi connectivity index (χ2n) is 4.99. The third kappa shape index (κ3) is 4.35. The Kier molecular flexibility index (Phi) is 5.62. The molecular weight excluding hydrogens is 301 g/mol. The topological polar surface area (TPSA) is 73.6 Å². The molecule has 1 heterocycles. The van der Waals surface area contributed by atoms with E-state index < -0.39 is 30.1 Å². The quantitative estimate of drug-likeness (QED) is 0.872. The normalized spacial score (nSPS) is 17.3. The van der Waals surface area contributed by atoms with Crippen molar-refractivity contribution in [3.8, 4) is 5.75 Å². The molecule has 1 aliphatic heterocycles. The van der Waals surface area contributed by atoms with Crippen molar-refractivity contribution >= 4 is 11.6 Å². The van der Waals surface area contributed by atoms with Crippen molar-refractivity contribution in [1.82, 2.24) is 0 Å². The first-order valence-electron chi connectivity index (χ1n) is 6.86. The molecule has 0 aliphatic carbocycles. The Morgan fingerprint density at radius 1 is 1.36 bits per heavy atom. The highest BCUT2D eigenvalue weighted by atomic mass is 19.3. The van der Waals surface area contributed by atoms with Gasteiger partial charge in [-0.1, -0.05) is 0 Å². The number of nitrogens with two attached hydrogens (primary N) is 1. The fourth-order valence-electron chi connectivity index (χ4n) is 2.28. The van der Waals surface area contributed by atoms with Gasteiger partial charge in [0, 0.05) is 25.0 Å². The summed E-state index contributed by atoms with van der Waals surface area (Å²) >= 11 is 0. The molecule has 0 spiro atoms. The summed E-state index contributed by atoms with van der Waals surface area (Å²) in [6.45, 7) is -2.00. The molecule has 3 N–H and O–H groups in total. The van der Waals surface area contributed by atoms with Gasteiger partial charge in [-0.05, 0) is 30.9 Å². The average molecular weight is 318 g/mol. The van der Waals surface area contributed by atoms with Crippen LogP contribution in [0.4, 0.5) is 18.9 Å². The van der Waals surface area contributed by atoms with E-state index >= 15 is 0 Å². The first-order chi connectivity index (χ1) is 10.5. The molecule has 22 heavy (non-hydrogen) atoms. The highest BCUT2D eigenvalue weighted by molar-refractivity contribution is 5.94. The Morgan fingerprint density at radius 3 is 2.64 bits per heavy atom. The molecule has 1 saturated heterocycles. The lowest BCUT2D eigenvalue weighted by Crippen LogP contribution is -2.44. The maximum Gasteiger partial charge on any atom is 0.387 e. The van der Waals surface area contributed by atoms with E-state index in [0.29, 0.717) is 26.1 Å². The van der Waals surface area contributed by atoms with Crippen LogP contribution in [0.25, 0.3) is 0 Å². The van der Waals surface area contributed by atoms with Crippen LogP contribution >= 0.6 is 0 Å². The first-order valence-corrected chi connectivity index (χ1v) is 6.86. The predicted octanol–water partition coefficient (Wildman–Crippen LogP) is 2.12. The van der Waals surface area contributed by atoms with Gasteiger partial charge in [-0.25, -0.2) is 4.39 Å². The smallest absolute Gasteiger partial charge is 0.387 e. The highest BCUT2D eigenvalue weighted by Gasteiger charge is 2.26. The summed E-state index contributed by atoms with van der Waals surface area (Å²) in [4.78, 5) is 12.0. The molecule has 122 valence electrons. The lowest BCUT2D eigenvalue weighted by Gasteiger charge is -2.26. The van der Waals surface area contributed by atoms with Gasteiger partial charge in [0.25, 0.3) is 0 Å². The summed E-state index contributed by atoms with van der Waals surface area (Å²) in [7, 11) is 0. The lowest BCUT2D eigenvalue weighted by atomic mass is 9.92. The molecular formula is C14H17F3N2O3. The van der Waals surface area contributed by atoms with Crippen LogP contribution in [0, 0.1) is 11.7 Å². The molecule has 1 aromatic carbocycles. The van der Waals surface area contributed by atoms with Crippen LogP contribution in [-0.2, 0) is 9.53 Å². The minimum absolute atomic E-state index is 0.0000343. The molecule has 0 radical (unpaired) electrons. The first kappa shape index (κ1) is 16.6. The van der Waals surface area contributed by atoms with E-state index in [1.807, 2.05) is 0 Å². The zero-order valence-corrected chi connectivity index (χ0v) is 11.7. The number of halogens is 3. The summed E-state index contributed by atoms with van der Waals surface area (Å²) in [6.07, 6.45) is 1.37. The Hall–Kier alpha value is -1.80. The van der Waals surface area contributed by atoms with Crippen molar-refractivity contribution in [3.63, 3.8) is 0 Å². The number of amides is 1. The van der Waals surface area contributed by atoms with Crippen molar-refractivity contribution in [1.29, 1.82) is 0 Å². The standard InChI is InChI=1S/C14H17F3N2O3/c15-10-7-9(1-2-11(10)22-14(16)17)19-13(20)12(18)8-3-5-21-6-4-8/h1-2,7-8,12,14H,3-6,18H2,(H,19,20). The minimum Gasteiger partial charge on any atom is -0.432 e. The van der Waals surface area contributed by atoms with Gasteiger partial charge in [0.2, 0.25) is 5.91 Å². The van der Waals surface area contributed by atoms with Gasteiger partial charge in [-0.2, -0.15) is 8.78 Å². The number of rotatable bonds is 5. The van der Waals surface area contributed by atoms with E-state index in [4.69, 9.17) is 10.5 Å². The van der Waals surface area contributed by atoms with Crippen LogP contribution < -0.4 is 15.8 Å². The fraction of sp³-hybridized carbons (Fsp3) is 0.500. The summed E-state index contributed by atoms with van der Waals surface area (Å²) in [5, 5.41) is 2.47. The molecule has 1 fully saturated rings. The zero-order chi connectivity index (χ0) is 16.1. The number of nitrogens with one attached hydrogen (secondary N) is 1. The van der Waals surface area contributed by atoms with E-state index in [0.717, 1.165) is 12.1 Å². The van der Waals surface area contributed by atoms with Gasteiger partial charge in [-0.3, -0.25) is 4.79 Å². The van der Waals surface area contributed by atoms with Crippen molar-refractivity contribution < 1.29 is 27.4 Å². The van der Waals surface area contributed by atoms with E-state index in [1.165, 1.54) is 6.07 Å². The molecule has 1 aromatic rings. The summed E-state index contributed by atoms with van der Waals surface area (Å²) < 4.78 is 46.8. The zero-order valence-electron chi connectivity index (χ0n) is 11.7. The number of hydrogen-bond donors (Lipinski definition) is 2. The Bertz CT molecular complexity index is 522. The van der Waals surface area contributed by atoms with Crippen LogP contribution in [0.3, 0.4) is 0 Å². The van der Waals surface area contributed by atoms with Crippen molar-refractivity contribution in [2.45, 2.75) is 25.5 Å². The van der Waals surface area contributed by atoms with Gasteiger partial charge in [0.1, 0.15) is 0 Å². The van der Waals surface area contributed by atoms with E-state index in [1.54, 1.807) is 0 Å². The molecule has 0 aromatic heterocycles. The fourth-order valence-corrected chi connectivity index (χ4v) is 2.28. The van der Waals surface area contributed by atoms with Crippen LogP contribution in [-0.4, -0.2) is 31.8 Å². The number of alkyl halides is 2. The number of carbonyl (C=O) groups excluding carboxylic acids is 1. The maximum absolute atomic E-state index is 13.6. The summed E-state index contributed by atoms with van der Waals surface area (Å²) in [6, 6.07) is 2.47. The maximum atomic E-state index is 13.6. The molecule has 1 aliphatic rings. The molecule has 0 bridgehead atoms. The second-order valence-corrected chi connectivity index (χ2v) is 4.99. The largest absolute Gasteiger partial charge is 0.432 e. The third-order valence-corrected chi connectivity index (χ3v) is 3.49. The minimum atomic E-state index is -3.11. The Labute approximate surface area is 125 Å². The van der Waals surface area contributed by atoms with Crippen LogP contribution in [0.2, 0.25) is 0 Å². The molecule has 1 unspecified atom stereocenters. The third-order valence-electron chi connectivity index (χ3n) is 3.49. The van der Waals surface area contributed by atoms with Gasteiger partial charge in [0.15, 0.2) is 11.6 Å². The van der Waals surface area contributed by atoms with Crippen molar-refractivity contribution in [2.24, 2.45) is 11.7 Å². The van der Waals surface area contributed by atoms with E-state index in [2.05, 4.69) is 10.1 Å². The Morgan fingerprint density at radius 2 is 2.05 bits per heavy atom. The molecule has 0 saturated carbocycles. The van der Waals surface area contributed by atoms with Gasteiger partial charge in [0.05, 0.1) is 6.04 Å². The summed E-state index contributed by atoms with van der Waals surface area (Å²) in [5.74, 6) is -2.02. The van der Waals surface area contributed by atoms with Crippen molar-refractivity contribution in [3.05, 3.63) is 24.0 Å². The number of benzene rings is 1. The number of carbonyl (C=O) groups is 1. The van der Waals surface area contributed by atoms with Crippen LogP contribution in [0.15, 0.2) is 18.2 Å². The molecule has 1 amide bonds. The number of anilines is 1. The van der Waals surface area contributed by atoms with E-state index in [9.17, 15) is 18.0 Å². The monoisotopic (exact) mass is 318 g/mol. The van der Waals surface area contributed by atoms with Gasteiger partial charge >= 0.3 is 6.61 Å². The molecule has 8 heteroatoms. The molecule has 5 nitrogen and oxygen atoms in total. The van der Waals surface area contributed by atoms with Crippen LogP contribution in [0.5, 0.6) is 5.75 Å². The predicted molar refractivity (Wildman–Crippen MR) is 73.2 cm³/mol. The molecule has 2 rings (SSSR count). The SMILES string of the molecule is NC(C(=O)Nc1ccc(OC(F)F)c(F)c1)C1CCOCC1. The second kappa shape index (κ2) is 7.46. The molecule has 1 atom stereocenters. The van der Waals surface area contributed by atoms with Gasteiger partial charge in [-0.15, -0.1) is 0 Å². The Balaban J connectivity index is 1.97. The average Bonchev–Trinajstić information content (AvgIpc) is 2.49. The van der Waals surface area contributed by atoms with Crippen molar-refractivity contribution in [2.75, 3.05) is 18.5 Å². The lowest BCUT2D eigenvalue weighted by molar-refractivity contribution is -0.119. The highest BCUT2D eigenvalue weighted by Crippen LogP contribution is 2.24. The van der Waals surface area contributed by atoms with Crippen LogP contribution in [0.1, 0.15) is 12.8 Å². The van der Waals surface area contributed by atoms with E-state index in [-0.39, 0.29) is 11.6 Å². The number of ether oxygens (including phenoxy) is 2. The summed E-state index contributed by atoms with van der Waals surface area (Å²) in [5.41, 5.74) is 6.02. The van der Waals surface area contributed by atoms with Gasteiger partial charge < -0.3 is 20.5 Å².